The molecular formula is C19H18N2OS. The van der Waals surface area contributed by atoms with Crippen molar-refractivity contribution in [3.8, 4) is 10.6 Å². The molecule has 3 rings (SSSR count). The summed E-state index contributed by atoms with van der Waals surface area (Å²) in [6, 6.07) is 18.1. The molecule has 0 unspecified atom stereocenters. The number of aryl methyl sites for hydroxylation is 1. The van der Waals surface area contributed by atoms with Crippen LogP contribution in [0, 0.1) is 6.92 Å². The van der Waals surface area contributed by atoms with Crippen LogP contribution in [-0.2, 0) is 6.54 Å². The molecular weight excluding hydrogens is 304 g/mol. The molecule has 23 heavy (non-hydrogen) atoms. The van der Waals surface area contributed by atoms with Crippen molar-refractivity contribution in [1.82, 2.24) is 9.88 Å². The second kappa shape index (κ2) is 6.75. The Morgan fingerprint density at radius 3 is 2.48 bits per heavy atom. The van der Waals surface area contributed by atoms with Crippen molar-refractivity contribution in [2.24, 2.45) is 0 Å². The third-order valence-electron chi connectivity index (χ3n) is 3.63. The molecule has 0 saturated carbocycles. The molecule has 0 aliphatic heterocycles. The van der Waals surface area contributed by atoms with Gasteiger partial charge in [-0.05, 0) is 12.5 Å². The van der Waals surface area contributed by atoms with Crippen molar-refractivity contribution in [1.29, 1.82) is 0 Å². The average Bonchev–Trinajstić information content (AvgIpc) is 3.05. The summed E-state index contributed by atoms with van der Waals surface area (Å²) < 4.78 is 0. The van der Waals surface area contributed by atoms with Crippen molar-refractivity contribution < 1.29 is 4.79 Å². The Balaban J connectivity index is 1.74. The Morgan fingerprint density at radius 2 is 1.78 bits per heavy atom. The minimum absolute atomic E-state index is 0.0523. The van der Waals surface area contributed by atoms with Crippen molar-refractivity contribution in [3.05, 3.63) is 76.8 Å². The van der Waals surface area contributed by atoms with E-state index in [4.69, 9.17) is 0 Å². The molecule has 0 saturated heterocycles. The molecule has 0 bridgehead atoms. The summed E-state index contributed by atoms with van der Waals surface area (Å²) in [7, 11) is 1.81. The van der Waals surface area contributed by atoms with E-state index in [0.717, 1.165) is 16.1 Å². The zero-order chi connectivity index (χ0) is 16.2. The molecule has 3 aromatic rings. The van der Waals surface area contributed by atoms with Crippen LogP contribution in [0.1, 0.15) is 21.6 Å². The zero-order valence-electron chi connectivity index (χ0n) is 13.2. The smallest absolute Gasteiger partial charge is 0.273 e. The summed E-state index contributed by atoms with van der Waals surface area (Å²) in [5, 5.41) is 2.71. The van der Waals surface area contributed by atoms with Gasteiger partial charge in [-0.25, -0.2) is 4.98 Å². The van der Waals surface area contributed by atoms with E-state index in [1.54, 1.807) is 11.9 Å². The van der Waals surface area contributed by atoms with Crippen LogP contribution in [-0.4, -0.2) is 22.8 Å². The predicted octanol–water partition coefficient (Wildman–Crippen LogP) is 4.39. The number of benzene rings is 2. The lowest BCUT2D eigenvalue weighted by atomic mass is 10.2. The predicted molar refractivity (Wildman–Crippen MR) is 94.5 cm³/mol. The number of hydrogen-bond acceptors (Lipinski definition) is 3. The number of carbonyl (C=O) groups excluding carboxylic acids is 1. The van der Waals surface area contributed by atoms with Gasteiger partial charge in [-0.2, -0.15) is 0 Å². The molecule has 1 heterocycles. The minimum Gasteiger partial charge on any atom is -0.336 e. The number of hydrogen-bond donors (Lipinski definition) is 0. The quantitative estimate of drug-likeness (QED) is 0.713. The van der Waals surface area contributed by atoms with Gasteiger partial charge >= 0.3 is 0 Å². The highest BCUT2D eigenvalue weighted by Gasteiger charge is 2.16. The Morgan fingerprint density at radius 1 is 1.09 bits per heavy atom. The molecule has 2 aromatic carbocycles. The maximum absolute atomic E-state index is 12.5. The van der Waals surface area contributed by atoms with Gasteiger partial charge in [0.2, 0.25) is 0 Å². The largest absolute Gasteiger partial charge is 0.336 e. The van der Waals surface area contributed by atoms with E-state index in [0.29, 0.717) is 12.2 Å². The normalized spacial score (nSPS) is 10.5. The fraction of sp³-hybridized carbons (Fsp3) is 0.158. The van der Waals surface area contributed by atoms with E-state index in [-0.39, 0.29) is 5.91 Å². The highest BCUT2D eigenvalue weighted by Crippen LogP contribution is 2.24. The second-order valence-electron chi connectivity index (χ2n) is 5.55. The average molecular weight is 322 g/mol. The van der Waals surface area contributed by atoms with Crippen molar-refractivity contribution >= 4 is 17.2 Å². The lowest BCUT2D eigenvalue weighted by Crippen LogP contribution is -2.26. The summed E-state index contributed by atoms with van der Waals surface area (Å²) in [4.78, 5) is 18.7. The minimum atomic E-state index is -0.0523. The Labute approximate surface area is 140 Å². The van der Waals surface area contributed by atoms with Crippen LogP contribution in [0.15, 0.2) is 60.0 Å². The zero-order valence-corrected chi connectivity index (χ0v) is 14.0. The molecule has 0 aliphatic carbocycles. The first kappa shape index (κ1) is 15.4. The topological polar surface area (TPSA) is 33.2 Å². The molecule has 0 aliphatic rings. The summed E-state index contributed by atoms with van der Waals surface area (Å²) in [6.07, 6.45) is 0. The highest BCUT2D eigenvalue weighted by atomic mass is 32.1. The van der Waals surface area contributed by atoms with Gasteiger partial charge in [0.1, 0.15) is 10.7 Å². The van der Waals surface area contributed by atoms with Crippen LogP contribution in [0.3, 0.4) is 0 Å². The summed E-state index contributed by atoms with van der Waals surface area (Å²) in [5.74, 6) is -0.0523. The Kier molecular flexibility index (Phi) is 4.53. The van der Waals surface area contributed by atoms with Gasteiger partial charge in [0.05, 0.1) is 0 Å². The summed E-state index contributed by atoms with van der Waals surface area (Å²) in [6.45, 7) is 2.64. The van der Waals surface area contributed by atoms with Gasteiger partial charge in [-0.1, -0.05) is 60.2 Å². The highest BCUT2D eigenvalue weighted by molar-refractivity contribution is 7.13. The van der Waals surface area contributed by atoms with Gasteiger partial charge in [0.25, 0.3) is 5.91 Å². The first-order chi connectivity index (χ1) is 11.1. The maximum Gasteiger partial charge on any atom is 0.273 e. The van der Waals surface area contributed by atoms with Crippen LogP contribution < -0.4 is 0 Å². The van der Waals surface area contributed by atoms with Gasteiger partial charge in [0.15, 0.2) is 0 Å². The van der Waals surface area contributed by atoms with Crippen molar-refractivity contribution in [2.45, 2.75) is 13.5 Å². The van der Waals surface area contributed by atoms with E-state index in [2.05, 4.69) is 24.0 Å². The molecule has 0 atom stereocenters. The molecule has 0 fully saturated rings. The van der Waals surface area contributed by atoms with Crippen LogP contribution in [0.4, 0.5) is 0 Å². The first-order valence-electron chi connectivity index (χ1n) is 7.45. The van der Waals surface area contributed by atoms with Gasteiger partial charge < -0.3 is 4.90 Å². The molecule has 3 nitrogen and oxygen atoms in total. The van der Waals surface area contributed by atoms with E-state index in [1.165, 1.54) is 16.9 Å². The lowest BCUT2D eigenvalue weighted by molar-refractivity contribution is 0.0780. The molecule has 4 heteroatoms. The van der Waals surface area contributed by atoms with Gasteiger partial charge in [0, 0.05) is 24.5 Å². The third kappa shape index (κ3) is 3.66. The van der Waals surface area contributed by atoms with Crippen LogP contribution >= 0.6 is 11.3 Å². The van der Waals surface area contributed by atoms with Crippen molar-refractivity contribution in [3.63, 3.8) is 0 Å². The Bertz CT molecular complexity index is 794. The van der Waals surface area contributed by atoms with E-state index < -0.39 is 0 Å². The van der Waals surface area contributed by atoms with Gasteiger partial charge in [-0.3, -0.25) is 4.79 Å². The molecule has 116 valence electrons. The summed E-state index contributed by atoms with van der Waals surface area (Å²) >= 11 is 1.50. The monoisotopic (exact) mass is 322 g/mol. The maximum atomic E-state index is 12.5. The number of nitrogens with zero attached hydrogens (tertiary/aromatic N) is 2. The van der Waals surface area contributed by atoms with E-state index in [9.17, 15) is 4.79 Å². The second-order valence-corrected chi connectivity index (χ2v) is 6.41. The van der Waals surface area contributed by atoms with E-state index in [1.807, 2.05) is 47.8 Å². The molecule has 0 N–H and O–H groups in total. The standard InChI is InChI=1S/C19H18N2OS/c1-14-8-10-16(11-9-14)18-20-17(13-23-18)19(22)21(2)12-15-6-4-3-5-7-15/h3-11,13H,12H2,1-2H3. The first-order valence-corrected chi connectivity index (χ1v) is 8.33. The number of aromatic nitrogens is 1. The molecule has 0 radical (unpaired) electrons. The number of rotatable bonds is 4. The number of thiazole rings is 1. The fourth-order valence-electron chi connectivity index (χ4n) is 2.33. The molecule has 0 spiro atoms. The Hall–Kier alpha value is -2.46. The van der Waals surface area contributed by atoms with Crippen LogP contribution in [0.5, 0.6) is 0 Å². The SMILES string of the molecule is Cc1ccc(-c2nc(C(=O)N(C)Cc3ccccc3)cs2)cc1. The fourth-order valence-corrected chi connectivity index (χ4v) is 3.13. The lowest BCUT2D eigenvalue weighted by Gasteiger charge is -2.15. The third-order valence-corrected chi connectivity index (χ3v) is 4.52. The van der Waals surface area contributed by atoms with E-state index >= 15 is 0 Å². The molecule has 1 amide bonds. The molecule has 1 aromatic heterocycles. The van der Waals surface area contributed by atoms with Crippen molar-refractivity contribution in [2.75, 3.05) is 7.05 Å². The number of carbonyl (C=O) groups is 1. The summed E-state index contributed by atoms with van der Waals surface area (Å²) in [5.41, 5.74) is 3.87. The number of amides is 1. The van der Waals surface area contributed by atoms with Crippen LogP contribution in [0.2, 0.25) is 0 Å². The van der Waals surface area contributed by atoms with Crippen LogP contribution in [0.25, 0.3) is 10.6 Å². The van der Waals surface area contributed by atoms with Gasteiger partial charge in [-0.15, -0.1) is 11.3 Å².